The molecule has 0 bridgehead atoms. The Bertz CT molecular complexity index is 1750. The van der Waals surface area contributed by atoms with Gasteiger partial charge in [0, 0.05) is 30.7 Å². The van der Waals surface area contributed by atoms with Gasteiger partial charge >= 0.3 is 5.97 Å². The van der Waals surface area contributed by atoms with Crippen LogP contribution in [0.2, 0.25) is 0 Å². The van der Waals surface area contributed by atoms with E-state index >= 15 is 0 Å². The highest BCUT2D eigenvalue weighted by atomic mass is 16.5. The summed E-state index contributed by atoms with van der Waals surface area (Å²) in [6, 6.07) is 20.9. The summed E-state index contributed by atoms with van der Waals surface area (Å²) < 4.78 is 9.03. The molecule has 1 amide bonds. The molecule has 0 unspecified atom stereocenters. The highest BCUT2D eigenvalue weighted by Gasteiger charge is 2.26. The van der Waals surface area contributed by atoms with Crippen molar-refractivity contribution in [3.8, 4) is 11.1 Å². The zero-order valence-electron chi connectivity index (χ0n) is 23.9. The van der Waals surface area contributed by atoms with E-state index in [0.717, 1.165) is 33.2 Å². The predicted octanol–water partition coefficient (Wildman–Crippen LogP) is 6.47. The zero-order valence-corrected chi connectivity index (χ0v) is 23.9. The van der Waals surface area contributed by atoms with Crippen LogP contribution in [0.15, 0.2) is 91.6 Å². The zero-order chi connectivity index (χ0) is 29.6. The fourth-order valence-corrected chi connectivity index (χ4v) is 5.20. The second-order valence-electron chi connectivity index (χ2n) is 10.8. The number of fused-ring (bicyclic) bond motifs is 1. The van der Waals surface area contributed by atoms with Gasteiger partial charge in [0.05, 0.1) is 37.8 Å². The van der Waals surface area contributed by atoms with E-state index < -0.39 is 12.0 Å². The Kier molecular flexibility index (Phi) is 8.49. The minimum Gasteiger partial charge on any atom is -0.467 e. The Balaban J connectivity index is 1.51. The smallest absolute Gasteiger partial charge is 0.328 e. The van der Waals surface area contributed by atoms with E-state index in [-0.39, 0.29) is 11.8 Å². The number of aromatic nitrogens is 3. The van der Waals surface area contributed by atoms with Crippen molar-refractivity contribution in [3.63, 3.8) is 0 Å². The summed E-state index contributed by atoms with van der Waals surface area (Å²) in [4.78, 5) is 34.2. The van der Waals surface area contributed by atoms with Crippen molar-refractivity contribution in [2.45, 2.75) is 39.4 Å². The molecule has 1 N–H and O–H groups in total. The number of nitrogens with zero attached hydrogens (tertiary/aromatic N) is 4. The third kappa shape index (κ3) is 6.26. The Morgan fingerprint density at radius 1 is 0.976 bits per heavy atom. The number of hydrogen-bond donors (Lipinski definition) is 1. The highest BCUT2D eigenvalue weighted by molar-refractivity contribution is 6.06. The molecule has 8 heteroatoms. The third-order valence-electron chi connectivity index (χ3n) is 7.26. The Labute approximate surface area is 245 Å². The van der Waals surface area contributed by atoms with Gasteiger partial charge in [0.1, 0.15) is 6.04 Å². The van der Waals surface area contributed by atoms with Gasteiger partial charge in [-0.3, -0.25) is 4.79 Å². The minimum absolute atomic E-state index is 0.189. The molecule has 2 aromatic heterocycles. The molecule has 3 aromatic carbocycles. The van der Waals surface area contributed by atoms with Crippen LogP contribution in [-0.4, -0.2) is 39.1 Å². The van der Waals surface area contributed by atoms with Crippen LogP contribution in [0.3, 0.4) is 0 Å². The first-order chi connectivity index (χ1) is 20.4. The Morgan fingerprint density at radius 2 is 1.74 bits per heavy atom. The van der Waals surface area contributed by atoms with Gasteiger partial charge < -0.3 is 19.2 Å². The van der Waals surface area contributed by atoms with Crippen LogP contribution >= 0.6 is 0 Å². The largest absolute Gasteiger partial charge is 0.467 e. The van der Waals surface area contributed by atoms with Crippen LogP contribution in [-0.2, 0) is 22.6 Å². The molecule has 0 saturated carbocycles. The van der Waals surface area contributed by atoms with E-state index in [1.165, 1.54) is 7.11 Å². The summed E-state index contributed by atoms with van der Waals surface area (Å²) >= 11 is 0. The second kappa shape index (κ2) is 12.6. The van der Waals surface area contributed by atoms with Gasteiger partial charge in [-0.1, -0.05) is 80.6 Å². The fourth-order valence-electron chi connectivity index (χ4n) is 5.20. The molecule has 1 atom stereocenters. The maximum Gasteiger partial charge on any atom is 0.328 e. The molecule has 2 heterocycles. The van der Waals surface area contributed by atoms with E-state index in [2.05, 4.69) is 31.8 Å². The van der Waals surface area contributed by atoms with E-state index in [1.54, 1.807) is 6.33 Å². The number of carbonyl (C=O) groups excluding carboxylic acids is 2. The van der Waals surface area contributed by atoms with Crippen LogP contribution in [0.4, 0.5) is 5.69 Å². The molecule has 0 aliphatic heterocycles. The van der Waals surface area contributed by atoms with E-state index in [0.29, 0.717) is 30.8 Å². The van der Waals surface area contributed by atoms with Crippen molar-refractivity contribution >= 4 is 28.3 Å². The number of benzene rings is 3. The van der Waals surface area contributed by atoms with Gasteiger partial charge in [0.2, 0.25) is 0 Å². The maximum absolute atomic E-state index is 13.8. The lowest BCUT2D eigenvalue weighted by molar-refractivity contribution is -0.143. The van der Waals surface area contributed by atoms with Crippen LogP contribution in [0.25, 0.3) is 26.7 Å². The molecule has 0 radical (unpaired) electrons. The van der Waals surface area contributed by atoms with Gasteiger partial charge in [0.15, 0.2) is 5.69 Å². The number of methoxy groups -OCH3 is 1. The van der Waals surface area contributed by atoms with Crippen LogP contribution < -0.4 is 5.32 Å². The molecule has 8 nitrogen and oxygen atoms in total. The van der Waals surface area contributed by atoms with E-state index in [4.69, 9.17) is 11.3 Å². The van der Waals surface area contributed by atoms with Crippen molar-refractivity contribution in [3.05, 3.63) is 120 Å². The molecule has 212 valence electrons. The van der Waals surface area contributed by atoms with Crippen LogP contribution in [0.1, 0.15) is 41.9 Å². The summed E-state index contributed by atoms with van der Waals surface area (Å²) in [5.41, 5.74) is 4.81. The number of hydrogen-bond acceptors (Lipinski definition) is 4. The van der Waals surface area contributed by atoms with Gasteiger partial charge in [-0.2, -0.15) is 0 Å². The molecule has 0 saturated heterocycles. The number of amides is 1. The van der Waals surface area contributed by atoms with Crippen molar-refractivity contribution in [2.75, 3.05) is 7.11 Å². The lowest BCUT2D eigenvalue weighted by atomic mass is 9.97. The van der Waals surface area contributed by atoms with Crippen molar-refractivity contribution in [1.82, 2.24) is 19.4 Å². The quantitative estimate of drug-likeness (QED) is 0.157. The van der Waals surface area contributed by atoms with Gasteiger partial charge in [-0.25, -0.2) is 14.6 Å². The lowest BCUT2D eigenvalue weighted by Gasteiger charge is -2.18. The molecule has 0 fully saturated rings. The molecule has 42 heavy (non-hydrogen) atoms. The molecular formula is C34H33N5O3. The second-order valence-corrected chi connectivity index (χ2v) is 10.8. The molecule has 0 spiro atoms. The molecule has 5 rings (SSSR count). The summed E-state index contributed by atoms with van der Waals surface area (Å²) in [7, 11) is 1.34. The average molecular weight is 560 g/mol. The van der Waals surface area contributed by atoms with Crippen molar-refractivity contribution < 1.29 is 14.3 Å². The van der Waals surface area contributed by atoms with Crippen molar-refractivity contribution in [2.24, 2.45) is 5.92 Å². The normalized spacial score (nSPS) is 11.8. The average Bonchev–Trinajstić information content (AvgIpc) is 3.63. The minimum atomic E-state index is -0.748. The molecule has 5 aromatic rings. The number of ether oxygens (including phenoxy) is 1. The fraction of sp³-hybridized carbons (Fsp3) is 0.235. The van der Waals surface area contributed by atoms with Gasteiger partial charge in [-0.15, -0.1) is 0 Å². The number of carbonyl (C=O) groups is 2. The summed E-state index contributed by atoms with van der Waals surface area (Å²) in [6.45, 7) is 12.3. The first-order valence-electron chi connectivity index (χ1n) is 13.9. The van der Waals surface area contributed by atoms with Gasteiger partial charge in [0.25, 0.3) is 5.91 Å². The predicted molar refractivity (Wildman–Crippen MR) is 163 cm³/mol. The number of rotatable bonds is 10. The van der Waals surface area contributed by atoms with Gasteiger partial charge in [-0.05, 0) is 34.2 Å². The third-order valence-corrected chi connectivity index (χ3v) is 7.26. The standard InChI is InChI=1S/C34H33N5O3/c1-23(2)16-32(34(41)42-4)37-33(40)31-21-38(20-30(31)29-11-7-9-25-8-5-6-10-28(25)29)19-27-17-36-22-39(27)18-24-12-14-26(35-3)15-13-24/h5-15,17,20-23,32H,16,18-19H2,1-2,4H3,(H,37,40)/t32-/m0/s1. The summed E-state index contributed by atoms with van der Waals surface area (Å²) in [5, 5.41) is 5.04. The number of esters is 1. The summed E-state index contributed by atoms with van der Waals surface area (Å²) in [6.07, 6.45) is 7.89. The molecular weight excluding hydrogens is 526 g/mol. The lowest BCUT2D eigenvalue weighted by Crippen LogP contribution is -2.42. The summed E-state index contributed by atoms with van der Waals surface area (Å²) in [5.74, 6) is -0.605. The Morgan fingerprint density at radius 3 is 2.48 bits per heavy atom. The van der Waals surface area contributed by atoms with E-state index in [1.807, 2.05) is 91.6 Å². The van der Waals surface area contributed by atoms with E-state index in [9.17, 15) is 9.59 Å². The number of imidazole rings is 1. The van der Waals surface area contributed by atoms with Crippen LogP contribution in [0, 0.1) is 12.5 Å². The molecule has 0 aliphatic carbocycles. The monoisotopic (exact) mass is 559 g/mol. The first-order valence-corrected chi connectivity index (χ1v) is 13.9. The number of nitrogens with one attached hydrogen (secondary N) is 1. The SMILES string of the molecule is [C-]#[N+]c1ccc(Cn2cncc2Cn2cc(C(=O)N[C@@H](CC(C)C)C(=O)OC)c(-c3cccc4ccccc34)c2)cc1. The van der Waals surface area contributed by atoms with Crippen molar-refractivity contribution in [1.29, 1.82) is 0 Å². The topological polar surface area (TPSA) is 82.5 Å². The van der Waals surface area contributed by atoms with Crippen LogP contribution in [0.5, 0.6) is 0 Å². The maximum atomic E-state index is 13.8. The Hall–Kier alpha value is -5.16. The highest BCUT2D eigenvalue weighted by Crippen LogP contribution is 2.32. The molecule has 0 aliphatic rings. The first kappa shape index (κ1) is 28.4.